The van der Waals surface area contributed by atoms with Crippen LogP contribution in [-0.2, 0) is 14.9 Å². The second-order valence-electron chi connectivity index (χ2n) is 5.39. The largest absolute Gasteiger partial charge is 0.377 e. The predicted octanol–water partition coefficient (Wildman–Crippen LogP) is 0.710. The summed E-state index contributed by atoms with van der Waals surface area (Å²) in [7, 11) is -3.40. The van der Waals surface area contributed by atoms with Crippen LogP contribution in [0.15, 0.2) is 0 Å². The molecular weight excluding hydrogens is 278 g/mol. The van der Waals surface area contributed by atoms with Crippen LogP contribution in [0.1, 0.15) is 40.0 Å². The second-order valence-corrected chi connectivity index (χ2v) is 7.09. The summed E-state index contributed by atoms with van der Waals surface area (Å²) in [6, 6.07) is 0.0622. The van der Waals surface area contributed by atoms with Gasteiger partial charge in [-0.05, 0) is 33.2 Å². The number of nitrogens with zero attached hydrogens (tertiary/aromatic N) is 1. The molecule has 0 aromatic carbocycles. The maximum Gasteiger partial charge on any atom is 0.279 e. The Morgan fingerprint density at radius 2 is 2.10 bits per heavy atom. The SMILES string of the molecule is CCNCC1CCCCN1S(=O)(=O)NCCOC(C)C. The Bertz CT molecular complexity index is 360. The average molecular weight is 307 g/mol. The summed E-state index contributed by atoms with van der Waals surface area (Å²) in [4.78, 5) is 0. The molecule has 1 aliphatic heterocycles. The Hall–Kier alpha value is -0.210. The number of ether oxygens (including phenoxy) is 1. The average Bonchev–Trinajstić information content (AvgIpc) is 2.41. The molecule has 1 saturated heterocycles. The normalized spacial score (nSPS) is 21.5. The molecule has 1 fully saturated rings. The van der Waals surface area contributed by atoms with Gasteiger partial charge in [-0.25, -0.2) is 0 Å². The molecule has 0 saturated carbocycles. The lowest BCUT2D eigenvalue weighted by atomic mass is 10.1. The number of rotatable bonds is 9. The fraction of sp³-hybridized carbons (Fsp3) is 1.00. The van der Waals surface area contributed by atoms with Gasteiger partial charge in [0, 0.05) is 25.7 Å². The zero-order valence-corrected chi connectivity index (χ0v) is 13.7. The van der Waals surface area contributed by atoms with Crippen molar-refractivity contribution in [2.24, 2.45) is 0 Å². The van der Waals surface area contributed by atoms with Crippen LogP contribution in [0.3, 0.4) is 0 Å². The number of nitrogens with one attached hydrogen (secondary N) is 2. The van der Waals surface area contributed by atoms with E-state index in [1.54, 1.807) is 4.31 Å². The Balaban J connectivity index is 2.49. The highest BCUT2D eigenvalue weighted by atomic mass is 32.2. The van der Waals surface area contributed by atoms with Gasteiger partial charge in [-0.1, -0.05) is 13.3 Å². The first kappa shape index (κ1) is 17.8. The molecule has 0 aromatic heterocycles. The molecule has 20 heavy (non-hydrogen) atoms. The Morgan fingerprint density at radius 3 is 2.75 bits per heavy atom. The van der Waals surface area contributed by atoms with E-state index in [2.05, 4.69) is 10.0 Å². The zero-order chi connectivity index (χ0) is 15.0. The van der Waals surface area contributed by atoms with Gasteiger partial charge in [0.1, 0.15) is 0 Å². The zero-order valence-electron chi connectivity index (χ0n) is 12.9. The van der Waals surface area contributed by atoms with E-state index in [0.29, 0.717) is 19.7 Å². The third-order valence-electron chi connectivity index (χ3n) is 3.35. The van der Waals surface area contributed by atoms with Crippen LogP contribution in [0, 0.1) is 0 Å². The van der Waals surface area contributed by atoms with Crippen LogP contribution in [0.25, 0.3) is 0 Å². The fourth-order valence-electron chi connectivity index (χ4n) is 2.35. The van der Waals surface area contributed by atoms with E-state index in [1.807, 2.05) is 20.8 Å². The monoisotopic (exact) mass is 307 g/mol. The van der Waals surface area contributed by atoms with E-state index in [9.17, 15) is 8.42 Å². The molecule has 0 aromatic rings. The highest BCUT2D eigenvalue weighted by molar-refractivity contribution is 7.87. The maximum atomic E-state index is 12.3. The third kappa shape index (κ3) is 6.05. The first-order valence-corrected chi connectivity index (χ1v) is 9.00. The molecule has 7 heteroatoms. The Morgan fingerprint density at radius 1 is 1.35 bits per heavy atom. The van der Waals surface area contributed by atoms with Gasteiger partial charge in [0.05, 0.1) is 12.7 Å². The first-order chi connectivity index (χ1) is 9.47. The van der Waals surface area contributed by atoms with E-state index >= 15 is 0 Å². The summed E-state index contributed by atoms with van der Waals surface area (Å²) in [6.07, 6.45) is 3.08. The molecule has 0 aliphatic carbocycles. The lowest BCUT2D eigenvalue weighted by molar-refractivity contribution is 0.0830. The number of hydrogen-bond donors (Lipinski definition) is 2. The Kier molecular flexibility index (Phi) is 7.98. The smallest absolute Gasteiger partial charge is 0.279 e. The summed E-state index contributed by atoms with van der Waals surface area (Å²) >= 11 is 0. The van der Waals surface area contributed by atoms with Crippen molar-refractivity contribution in [1.82, 2.24) is 14.3 Å². The first-order valence-electron chi connectivity index (χ1n) is 7.56. The molecule has 0 spiro atoms. The molecule has 0 amide bonds. The molecule has 0 bridgehead atoms. The lowest BCUT2D eigenvalue weighted by Gasteiger charge is -2.34. The summed E-state index contributed by atoms with van der Waals surface area (Å²) in [5.74, 6) is 0. The topological polar surface area (TPSA) is 70.7 Å². The quantitative estimate of drug-likeness (QED) is 0.616. The predicted molar refractivity (Wildman–Crippen MR) is 80.9 cm³/mol. The summed E-state index contributed by atoms with van der Waals surface area (Å²) in [5, 5.41) is 3.24. The number of likely N-dealkylation sites (N-methyl/N-ethyl adjacent to an activating group) is 1. The van der Waals surface area contributed by atoms with Crippen molar-refractivity contribution in [3.63, 3.8) is 0 Å². The van der Waals surface area contributed by atoms with E-state index in [1.165, 1.54) is 0 Å². The van der Waals surface area contributed by atoms with Crippen molar-refractivity contribution in [1.29, 1.82) is 0 Å². The van der Waals surface area contributed by atoms with Crippen LogP contribution in [0.2, 0.25) is 0 Å². The minimum Gasteiger partial charge on any atom is -0.377 e. The molecule has 1 rings (SSSR count). The standard InChI is InChI=1S/C13H29N3O3S/c1-4-14-11-13-7-5-6-9-16(13)20(17,18)15-8-10-19-12(2)3/h12-15H,4-11H2,1-3H3. The van der Waals surface area contributed by atoms with E-state index < -0.39 is 10.2 Å². The summed E-state index contributed by atoms with van der Waals surface area (Å²) in [5.41, 5.74) is 0. The molecule has 1 unspecified atom stereocenters. The van der Waals surface area contributed by atoms with Gasteiger partial charge in [0.2, 0.25) is 0 Å². The van der Waals surface area contributed by atoms with E-state index in [4.69, 9.17) is 4.74 Å². The number of hydrogen-bond acceptors (Lipinski definition) is 4. The van der Waals surface area contributed by atoms with Crippen LogP contribution < -0.4 is 10.0 Å². The van der Waals surface area contributed by atoms with Crippen LogP contribution in [-0.4, -0.2) is 57.7 Å². The lowest BCUT2D eigenvalue weighted by Crippen LogP contribution is -2.52. The summed E-state index contributed by atoms with van der Waals surface area (Å²) in [6.45, 7) is 8.82. The van der Waals surface area contributed by atoms with Crippen molar-refractivity contribution in [3.05, 3.63) is 0 Å². The van der Waals surface area contributed by atoms with Crippen molar-refractivity contribution < 1.29 is 13.2 Å². The molecule has 1 aliphatic rings. The van der Waals surface area contributed by atoms with E-state index in [0.717, 1.165) is 32.4 Å². The highest BCUT2D eigenvalue weighted by Crippen LogP contribution is 2.19. The number of piperidine rings is 1. The molecular formula is C13H29N3O3S. The minimum absolute atomic E-state index is 0.0622. The van der Waals surface area contributed by atoms with Gasteiger partial charge in [-0.3, -0.25) is 0 Å². The van der Waals surface area contributed by atoms with Crippen molar-refractivity contribution in [2.75, 3.05) is 32.8 Å². The molecule has 0 radical (unpaired) electrons. The molecule has 120 valence electrons. The van der Waals surface area contributed by atoms with Crippen LogP contribution >= 0.6 is 0 Å². The summed E-state index contributed by atoms with van der Waals surface area (Å²) < 4.78 is 34.3. The van der Waals surface area contributed by atoms with Crippen molar-refractivity contribution in [2.45, 2.75) is 52.2 Å². The maximum absolute atomic E-state index is 12.3. The fourth-order valence-corrected chi connectivity index (χ4v) is 3.80. The second kappa shape index (κ2) is 8.94. The molecule has 2 N–H and O–H groups in total. The van der Waals surface area contributed by atoms with Crippen LogP contribution in [0.4, 0.5) is 0 Å². The van der Waals surface area contributed by atoms with Crippen molar-refractivity contribution >= 4 is 10.2 Å². The van der Waals surface area contributed by atoms with Gasteiger partial charge >= 0.3 is 0 Å². The van der Waals surface area contributed by atoms with E-state index in [-0.39, 0.29) is 12.1 Å². The van der Waals surface area contributed by atoms with Gasteiger partial charge < -0.3 is 10.1 Å². The molecule has 6 nitrogen and oxygen atoms in total. The van der Waals surface area contributed by atoms with Gasteiger partial charge in [0.25, 0.3) is 10.2 Å². The molecule has 1 heterocycles. The molecule has 1 atom stereocenters. The van der Waals surface area contributed by atoms with Gasteiger partial charge in [0.15, 0.2) is 0 Å². The van der Waals surface area contributed by atoms with Crippen LogP contribution in [0.5, 0.6) is 0 Å². The minimum atomic E-state index is -3.40. The van der Waals surface area contributed by atoms with Crippen molar-refractivity contribution in [3.8, 4) is 0 Å². The third-order valence-corrected chi connectivity index (χ3v) is 5.02. The van der Waals surface area contributed by atoms with Gasteiger partial charge in [-0.2, -0.15) is 17.4 Å². The highest BCUT2D eigenvalue weighted by Gasteiger charge is 2.31. The Labute approximate surface area is 123 Å². The van der Waals surface area contributed by atoms with Gasteiger partial charge in [-0.15, -0.1) is 0 Å².